The summed E-state index contributed by atoms with van der Waals surface area (Å²) in [6, 6.07) is 22.7. The van der Waals surface area contributed by atoms with Crippen LogP contribution in [0.25, 0.3) is 0 Å². The highest BCUT2D eigenvalue weighted by Crippen LogP contribution is 2.56. The molecule has 0 radical (unpaired) electrons. The van der Waals surface area contributed by atoms with Crippen LogP contribution in [0.2, 0.25) is 0 Å². The lowest BCUT2D eigenvalue weighted by Gasteiger charge is -2.54. The summed E-state index contributed by atoms with van der Waals surface area (Å²) >= 11 is 0. The number of hydrogen-bond donors (Lipinski definition) is 0. The molecular formula is C24H25N. The molecule has 2 aromatic rings. The summed E-state index contributed by atoms with van der Waals surface area (Å²) in [5.41, 5.74) is 3.24. The Kier molecular flexibility index (Phi) is 3.62. The van der Waals surface area contributed by atoms with Gasteiger partial charge in [0.05, 0.1) is 6.04 Å². The number of nitrogens with zero attached hydrogens (tertiary/aromatic N) is 1. The minimum absolute atomic E-state index is 0.297. The fraction of sp³-hybridized carbons (Fsp3) is 0.375. The van der Waals surface area contributed by atoms with Crippen molar-refractivity contribution in [1.82, 2.24) is 0 Å². The zero-order chi connectivity index (χ0) is 16.7. The summed E-state index contributed by atoms with van der Waals surface area (Å²) < 4.78 is 0. The summed E-state index contributed by atoms with van der Waals surface area (Å²) in [6.45, 7) is 0. The molecule has 2 bridgehead atoms. The number of rotatable bonds is 4. The van der Waals surface area contributed by atoms with E-state index in [-0.39, 0.29) is 0 Å². The first kappa shape index (κ1) is 15.1. The smallest absolute Gasteiger partial charge is 0.0538 e. The number of fused-ring (bicyclic) bond motifs is 1. The van der Waals surface area contributed by atoms with Crippen molar-refractivity contribution in [2.24, 2.45) is 28.2 Å². The average Bonchev–Trinajstić information content (AvgIpc) is 3.15. The molecule has 1 nitrogen and oxygen atoms in total. The van der Waals surface area contributed by atoms with Gasteiger partial charge in [0.1, 0.15) is 0 Å². The highest BCUT2D eigenvalue weighted by Gasteiger charge is 2.54. The Labute approximate surface area is 150 Å². The normalized spacial score (nSPS) is 31.2. The van der Waals surface area contributed by atoms with Gasteiger partial charge < -0.3 is 0 Å². The molecule has 2 aliphatic heterocycles. The monoisotopic (exact) mass is 327 g/mol. The first-order valence-corrected chi connectivity index (χ1v) is 9.62. The van der Waals surface area contributed by atoms with E-state index in [0.717, 1.165) is 18.8 Å². The van der Waals surface area contributed by atoms with Crippen LogP contribution in [0.3, 0.4) is 0 Å². The lowest BCUT2D eigenvalue weighted by Crippen LogP contribution is -2.53. The van der Waals surface area contributed by atoms with Crippen molar-refractivity contribution in [3.63, 3.8) is 0 Å². The summed E-state index contributed by atoms with van der Waals surface area (Å²) in [5.74, 6) is 2.03. The van der Waals surface area contributed by atoms with Crippen LogP contribution in [-0.2, 0) is 12.8 Å². The van der Waals surface area contributed by atoms with E-state index in [1.807, 2.05) is 0 Å². The maximum atomic E-state index is 4.95. The number of hydrogen-bond acceptors (Lipinski definition) is 1. The SMILES string of the molecule is C1=CC2C(C1)C1CC(Cc3ccccc3)(Cc3ccccc3)C2C=N1. The molecule has 0 aromatic heterocycles. The molecule has 25 heavy (non-hydrogen) atoms. The quantitative estimate of drug-likeness (QED) is 0.691. The van der Waals surface area contributed by atoms with Crippen molar-refractivity contribution in [2.45, 2.75) is 31.7 Å². The van der Waals surface area contributed by atoms with E-state index in [1.165, 1.54) is 24.0 Å². The van der Waals surface area contributed by atoms with Gasteiger partial charge in [-0.15, -0.1) is 0 Å². The van der Waals surface area contributed by atoms with Crippen molar-refractivity contribution < 1.29 is 0 Å². The molecule has 2 aliphatic carbocycles. The van der Waals surface area contributed by atoms with Crippen molar-refractivity contribution in [3.8, 4) is 0 Å². The fourth-order valence-electron chi connectivity index (χ4n) is 5.68. The highest BCUT2D eigenvalue weighted by molar-refractivity contribution is 5.67. The average molecular weight is 327 g/mol. The second-order valence-electron chi connectivity index (χ2n) is 8.19. The Morgan fingerprint density at radius 3 is 2.16 bits per heavy atom. The molecule has 0 N–H and O–H groups in total. The molecule has 0 amide bonds. The van der Waals surface area contributed by atoms with Crippen molar-refractivity contribution in [3.05, 3.63) is 83.9 Å². The first-order chi connectivity index (χ1) is 12.3. The maximum Gasteiger partial charge on any atom is 0.0538 e. The molecule has 6 rings (SSSR count). The molecule has 126 valence electrons. The minimum atomic E-state index is 0.297. The molecule has 4 unspecified atom stereocenters. The van der Waals surface area contributed by atoms with Crippen LogP contribution in [-0.4, -0.2) is 12.3 Å². The second-order valence-corrected chi connectivity index (χ2v) is 8.19. The van der Waals surface area contributed by atoms with Crippen molar-refractivity contribution in [2.75, 3.05) is 0 Å². The van der Waals surface area contributed by atoms with Crippen LogP contribution in [0.1, 0.15) is 24.0 Å². The van der Waals surface area contributed by atoms with Gasteiger partial charge in [0, 0.05) is 12.1 Å². The first-order valence-electron chi connectivity index (χ1n) is 9.62. The number of benzene rings is 2. The Morgan fingerprint density at radius 1 is 0.880 bits per heavy atom. The zero-order valence-corrected chi connectivity index (χ0v) is 14.6. The van der Waals surface area contributed by atoms with Gasteiger partial charge in [-0.25, -0.2) is 0 Å². The van der Waals surface area contributed by atoms with Crippen LogP contribution in [0, 0.1) is 23.2 Å². The molecule has 1 fully saturated rings. The highest BCUT2D eigenvalue weighted by atomic mass is 14.9. The summed E-state index contributed by atoms with van der Waals surface area (Å²) in [7, 11) is 0. The van der Waals surface area contributed by atoms with Crippen LogP contribution in [0.5, 0.6) is 0 Å². The topological polar surface area (TPSA) is 12.4 Å². The Balaban J connectivity index is 1.55. The fourth-order valence-corrected chi connectivity index (χ4v) is 5.68. The standard InChI is InChI=1S/C24H25N/c1-3-8-18(9-4-1)14-24(15-19-10-5-2-6-11-19)16-23-21-13-7-12-20(21)22(24)17-25-23/h1-12,17,20-23H,13-16H2. The van der Waals surface area contributed by atoms with Gasteiger partial charge >= 0.3 is 0 Å². The van der Waals surface area contributed by atoms with Gasteiger partial charge in [-0.1, -0.05) is 72.8 Å². The third-order valence-corrected chi connectivity index (χ3v) is 6.73. The van der Waals surface area contributed by atoms with Gasteiger partial charge in [-0.2, -0.15) is 0 Å². The van der Waals surface area contributed by atoms with Gasteiger partial charge in [-0.3, -0.25) is 4.99 Å². The molecular weight excluding hydrogens is 302 g/mol. The van der Waals surface area contributed by atoms with Crippen LogP contribution in [0.4, 0.5) is 0 Å². The Hall–Kier alpha value is -2.15. The predicted molar refractivity (Wildman–Crippen MR) is 104 cm³/mol. The summed E-state index contributed by atoms with van der Waals surface area (Å²) in [5, 5.41) is 0. The van der Waals surface area contributed by atoms with E-state index < -0.39 is 0 Å². The predicted octanol–water partition coefficient (Wildman–Crippen LogP) is 5.12. The van der Waals surface area contributed by atoms with E-state index in [0.29, 0.717) is 23.3 Å². The van der Waals surface area contributed by atoms with E-state index in [4.69, 9.17) is 4.99 Å². The van der Waals surface area contributed by atoms with Gasteiger partial charge in [0.2, 0.25) is 0 Å². The lowest BCUT2D eigenvalue weighted by molar-refractivity contribution is 0.0449. The van der Waals surface area contributed by atoms with Crippen molar-refractivity contribution in [1.29, 1.82) is 0 Å². The van der Waals surface area contributed by atoms with Crippen LogP contribution >= 0.6 is 0 Å². The Morgan fingerprint density at radius 2 is 1.52 bits per heavy atom. The minimum Gasteiger partial charge on any atom is -0.294 e. The maximum absolute atomic E-state index is 4.95. The molecule has 1 saturated carbocycles. The van der Waals surface area contributed by atoms with E-state index >= 15 is 0 Å². The van der Waals surface area contributed by atoms with Gasteiger partial charge in [0.15, 0.2) is 0 Å². The van der Waals surface area contributed by atoms with E-state index in [1.54, 1.807) is 0 Å². The van der Waals surface area contributed by atoms with Crippen molar-refractivity contribution >= 4 is 6.21 Å². The molecule has 2 heterocycles. The molecule has 2 aromatic carbocycles. The second kappa shape index (κ2) is 5.98. The zero-order valence-electron chi connectivity index (χ0n) is 14.6. The van der Waals surface area contributed by atoms with E-state index in [2.05, 4.69) is 79.0 Å². The third kappa shape index (κ3) is 2.57. The molecule has 4 atom stereocenters. The summed E-state index contributed by atoms with van der Waals surface area (Å²) in [6.07, 6.45) is 12.0. The third-order valence-electron chi connectivity index (χ3n) is 6.73. The molecule has 0 spiro atoms. The van der Waals surface area contributed by atoms with E-state index in [9.17, 15) is 0 Å². The largest absolute Gasteiger partial charge is 0.294 e. The Bertz CT molecular complexity index is 748. The molecule has 0 saturated heterocycles. The van der Waals surface area contributed by atoms with Crippen LogP contribution < -0.4 is 0 Å². The summed E-state index contributed by atoms with van der Waals surface area (Å²) in [4.78, 5) is 4.95. The molecule has 4 aliphatic rings. The lowest BCUT2D eigenvalue weighted by atomic mass is 9.52. The molecule has 1 heteroatoms. The number of allylic oxidation sites excluding steroid dienone is 2. The van der Waals surface area contributed by atoms with Gasteiger partial charge in [-0.05, 0) is 54.1 Å². The van der Waals surface area contributed by atoms with Gasteiger partial charge in [0.25, 0.3) is 0 Å². The number of aliphatic imine (C=N–C) groups is 1. The van der Waals surface area contributed by atoms with Crippen LogP contribution in [0.15, 0.2) is 77.8 Å².